The van der Waals surface area contributed by atoms with Gasteiger partial charge in [-0.25, -0.2) is 0 Å². The lowest BCUT2D eigenvalue weighted by atomic mass is 10.2. The highest BCUT2D eigenvalue weighted by atomic mass is 35.5. The van der Waals surface area contributed by atoms with Crippen molar-refractivity contribution >= 4 is 17.5 Å². The van der Waals surface area contributed by atoms with E-state index < -0.39 is 0 Å². The third-order valence-electron chi connectivity index (χ3n) is 3.36. The summed E-state index contributed by atoms with van der Waals surface area (Å²) in [6.07, 6.45) is 0.974. The monoisotopic (exact) mass is 305 g/mol. The summed E-state index contributed by atoms with van der Waals surface area (Å²) < 4.78 is 5.74. The van der Waals surface area contributed by atoms with Crippen molar-refractivity contribution < 1.29 is 4.74 Å². The molecular weight excluding hydrogens is 290 g/mol. The molecule has 0 saturated carbocycles. The zero-order valence-electron chi connectivity index (χ0n) is 11.4. The second-order valence-electron chi connectivity index (χ2n) is 4.99. The first-order chi connectivity index (χ1) is 10.2. The van der Waals surface area contributed by atoms with Crippen LogP contribution in [-0.2, 0) is 6.54 Å². The molecule has 6 nitrogen and oxygen atoms in total. The molecule has 1 aromatic heterocycles. The predicted molar refractivity (Wildman–Crippen MR) is 80.0 cm³/mol. The van der Waals surface area contributed by atoms with Crippen molar-refractivity contribution in [2.24, 2.45) is 0 Å². The molecule has 0 bridgehead atoms. The molecule has 21 heavy (non-hydrogen) atoms. The fourth-order valence-corrected chi connectivity index (χ4v) is 2.59. The molecule has 1 fully saturated rings. The van der Waals surface area contributed by atoms with E-state index in [2.05, 4.69) is 44.1 Å². The number of halogens is 1. The van der Waals surface area contributed by atoms with Gasteiger partial charge in [-0.1, -0.05) is 30.3 Å². The molecule has 0 aliphatic carbocycles. The van der Waals surface area contributed by atoms with Crippen molar-refractivity contribution in [3.05, 3.63) is 41.2 Å². The topological polar surface area (TPSA) is 77.2 Å². The average Bonchev–Trinajstić information content (AvgIpc) is 2.86. The Balaban J connectivity index is 1.57. The minimum absolute atomic E-state index is 0.0478. The highest BCUT2D eigenvalue weighted by Crippen LogP contribution is 2.18. The number of aromatic nitrogens is 3. The molecule has 1 aliphatic heterocycles. The summed E-state index contributed by atoms with van der Waals surface area (Å²) in [7, 11) is 0. The molecule has 0 spiro atoms. The normalized spacial score (nSPS) is 18.8. The lowest BCUT2D eigenvalue weighted by Crippen LogP contribution is -2.25. The Labute approximate surface area is 127 Å². The van der Waals surface area contributed by atoms with Crippen LogP contribution in [0.25, 0.3) is 0 Å². The number of nitrogens with zero attached hydrogens (tertiary/aromatic N) is 4. The molecule has 110 valence electrons. The Hall–Kier alpha value is -1.92. The van der Waals surface area contributed by atoms with Gasteiger partial charge in [-0.15, -0.1) is 0 Å². The number of likely N-dealkylation sites (tertiary alicyclic amines) is 1. The zero-order valence-corrected chi connectivity index (χ0v) is 12.2. The summed E-state index contributed by atoms with van der Waals surface area (Å²) in [5.74, 6) is 0.0733. The molecule has 1 aromatic carbocycles. The summed E-state index contributed by atoms with van der Waals surface area (Å²) in [5, 5.41) is 0.0524. The van der Waals surface area contributed by atoms with Gasteiger partial charge in [0.1, 0.15) is 6.10 Å². The van der Waals surface area contributed by atoms with Crippen LogP contribution < -0.4 is 10.5 Å². The summed E-state index contributed by atoms with van der Waals surface area (Å²) in [5.41, 5.74) is 6.82. The highest BCUT2D eigenvalue weighted by Gasteiger charge is 2.25. The lowest BCUT2D eigenvalue weighted by molar-refractivity contribution is 0.183. The van der Waals surface area contributed by atoms with E-state index in [1.165, 1.54) is 5.56 Å². The van der Waals surface area contributed by atoms with E-state index in [9.17, 15) is 0 Å². The Morgan fingerprint density at radius 2 is 2.05 bits per heavy atom. The molecule has 1 unspecified atom stereocenters. The molecule has 1 atom stereocenters. The van der Waals surface area contributed by atoms with Crippen LogP contribution in [0.5, 0.6) is 6.01 Å². The Kier molecular flexibility index (Phi) is 4.17. The number of rotatable bonds is 4. The van der Waals surface area contributed by atoms with Gasteiger partial charge < -0.3 is 10.5 Å². The van der Waals surface area contributed by atoms with Gasteiger partial charge in [-0.05, 0) is 23.6 Å². The van der Waals surface area contributed by atoms with Crippen molar-refractivity contribution in [3.8, 4) is 6.01 Å². The van der Waals surface area contributed by atoms with Crippen molar-refractivity contribution in [2.75, 3.05) is 18.8 Å². The predicted octanol–water partition coefficient (Wildman–Crippen LogP) is 1.76. The average molecular weight is 306 g/mol. The number of anilines is 1. The van der Waals surface area contributed by atoms with Gasteiger partial charge in [0.05, 0.1) is 0 Å². The van der Waals surface area contributed by atoms with Gasteiger partial charge in [0.25, 0.3) is 0 Å². The van der Waals surface area contributed by atoms with Gasteiger partial charge in [0, 0.05) is 19.6 Å². The van der Waals surface area contributed by atoms with Crippen LogP contribution in [0.3, 0.4) is 0 Å². The molecule has 1 saturated heterocycles. The third kappa shape index (κ3) is 3.80. The highest BCUT2D eigenvalue weighted by molar-refractivity contribution is 6.28. The number of nitrogen functional groups attached to an aromatic ring is 1. The molecule has 2 aromatic rings. The minimum atomic E-state index is 0.0478. The van der Waals surface area contributed by atoms with Crippen LogP contribution in [0.1, 0.15) is 12.0 Å². The first kappa shape index (κ1) is 14.0. The number of nitrogens with two attached hydrogens (primary N) is 1. The molecule has 3 rings (SSSR count). The van der Waals surface area contributed by atoms with Gasteiger partial charge in [0.15, 0.2) is 0 Å². The standard InChI is InChI=1S/C14H16ClN5O/c15-12-17-13(16)19-14(18-12)21-11-6-7-20(9-11)8-10-4-2-1-3-5-10/h1-5,11H,6-9H2,(H2,16,17,18,19). The summed E-state index contributed by atoms with van der Waals surface area (Å²) in [4.78, 5) is 13.9. The number of ether oxygens (including phenoxy) is 1. The maximum atomic E-state index is 5.74. The van der Waals surface area contributed by atoms with E-state index in [1.54, 1.807) is 0 Å². The van der Waals surface area contributed by atoms with Crippen molar-refractivity contribution in [1.82, 2.24) is 19.9 Å². The van der Waals surface area contributed by atoms with Gasteiger partial charge >= 0.3 is 6.01 Å². The molecule has 0 amide bonds. The molecule has 2 heterocycles. The summed E-state index contributed by atoms with van der Waals surface area (Å²) in [6.45, 7) is 2.73. The Bertz CT molecular complexity index is 589. The SMILES string of the molecule is Nc1nc(Cl)nc(OC2CCN(Cc3ccccc3)C2)n1. The van der Waals surface area contributed by atoms with Crippen LogP contribution in [0.2, 0.25) is 5.28 Å². The molecule has 7 heteroatoms. The largest absolute Gasteiger partial charge is 0.459 e. The molecule has 1 aliphatic rings. The third-order valence-corrected chi connectivity index (χ3v) is 3.52. The van der Waals surface area contributed by atoms with E-state index in [-0.39, 0.29) is 23.3 Å². The quantitative estimate of drug-likeness (QED) is 0.927. The number of hydrogen-bond acceptors (Lipinski definition) is 6. The van der Waals surface area contributed by atoms with E-state index in [4.69, 9.17) is 22.1 Å². The minimum Gasteiger partial charge on any atom is -0.459 e. The number of hydrogen-bond donors (Lipinski definition) is 1. The van der Waals surface area contributed by atoms with Gasteiger partial charge in [-0.2, -0.15) is 15.0 Å². The summed E-state index contributed by atoms with van der Waals surface area (Å²) >= 11 is 5.74. The van der Waals surface area contributed by atoms with Crippen molar-refractivity contribution in [1.29, 1.82) is 0 Å². The lowest BCUT2D eigenvalue weighted by Gasteiger charge is -2.16. The van der Waals surface area contributed by atoms with Crippen LogP contribution >= 0.6 is 11.6 Å². The summed E-state index contributed by atoms with van der Waals surface area (Å²) in [6, 6.07) is 10.6. The maximum Gasteiger partial charge on any atom is 0.322 e. The van der Waals surface area contributed by atoms with Crippen LogP contribution in [0, 0.1) is 0 Å². The van der Waals surface area contributed by atoms with E-state index >= 15 is 0 Å². The smallest absolute Gasteiger partial charge is 0.322 e. The Morgan fingerprint density at radius 1 is 1.24 bits per heavy atom. The molecule has 2 N–H and O–H groups in total. The van der Waals surface area contributed by atoms with Crippen molar-refractivity contribution in [2.45, 2.75) is 19.1 Å². The second kappa shape index (κ2) is 6.24. The van der Waals surface area contributed by atoms with E-state index in [1.807, 2.05) is 6.07 Å². The van der Waals surface area contributed by atoms with Crippen molar-refractivity contribution in [3.63, 3.8) is 0 Å². The van der Waals surface area contributed by atoms with Gasteiger partial charge in [0.2, 0.25) is 11.2 Å². The first-order valence-corrected chi connectivity index (χ1v) is 7.17. The van der Waals surface area contributed by atoms with E-state index in [0.29, 0.717) is 0 Å². The Morgan fingerprint density at radius 3 is 2.81 bits per heavy atom. The van der Waals surface area contributed by atoms with Crippen LogP contribution in [-0.4, -0.2) is 39.0 Å². The van der Waals surface area contributed by atoms with Gasteiger partial charge in [-0.3, -0.25) is 4.90 Å². The second-order valence-corrected chi connectivity index (χ2v) is 5.33. The van der Waals surface area contributed by atoms with E-state index in [0.717, 1.165) is 26.1 Å². The first-order valence-electron chi connectivity index (χ1n) is 6.79. The van der Waals surface area contributed by atoms with Crippen LogP contribution in [0.4, 0.5) is 5.95 Å². The fraction of sp³-hybridized carbons (Fsp3) is 0.357. The maximum absolute atomic E-state index is 5.74. The molecule has 0 radical (unpaired) electrons. The molecular formula is C14H16ClN5O. The number of benzene rings is 1. The fourth-order valence-electron chi connectivity index (χ4n) is 2.43. The van der Waals surface area contributed by atoms with Crippen LogP contribution in [0.15, 0.2) is 30.3 Å². The zero-order chi connectivity index (χ0) is 14.7.